The van der Waals surface area contributed by atoms with Gasteiger partial charge in [0.15, 0.2) is 5.78 Å². The Kier molecular flexibility index (Phi) is 3.81. The van der Waals surface area contributed by atoms with E-state index in [1.54, 1.807) is 24.1 Å². The number of aromatic hydroxyl groups is 1. The number of nitrogens with zero attached hydrogens (tertiary/aromatic N) is 2. The van der Waals surface area contributed by atoms with Gasteiger partial charge in [-0.25, -0.2) is 0 Å². The lowest BCUT2D eigenvalue weighted by atomic mass is 9.96. The Labute approximate surface area is 118 Å². The van der Waals surface area contributed by atoms with Crippen molar-refractivity contribution in [3.63, 3.8) is 0 Å². The fourth-order valence-electron chi connectivity index (χ4n) is 2.44. The standard InChI is InChI=1S/C15H20N2O3/c1-15(2)14(20)16(3)8-9-17(15)10-13(19)11-4-6-12(18)7-5-11/h4-7,18H,8-10H2,1-3H3. The van der Waals surface area contributed by atoms with Crippen LogP contribution in [0.2, 0.25) is 0 Å². The topological polar surface area (TPSA) is 60.9 Å². The van der Waals surface area contributed by atoms with Crippen LogP contribution in [-0.4, -0.2) is 58.8 Å². The first-order valence-electron chi connectivity index (χ1n) is 6.65. The van der Waals surface area contributed by atoms with Gasteiger partial charge in [-0.2, -0.15) is 0 Å². The van der Waals surface area contributed by atoms with Crippen LogP contribution >= 0.6 is 0 Å². The summed E-state index contributed by atoms with van der Waals surface area (Å²) in [6.45, 7) is 5.20. The molecule has 0 bridgehead atoms. The van der Waals surface area contributed by atoms with Crippen molar-refractivity contribution in [3.8, 4) is 5.75 Å². The highest BCUT2D eigenvalue weighted by Crippen LogP contribution is 2.22. The lowest BCUT2D eigenvalue weighted by Gasteiger charge is -2.44. The second-order valence-corrected chi connectivity index (χ2v) is 5.68. The average Bonchev–Trinajstić information content (AvgIpc) is 2.40. The number of amides is 1. The van der Waals surface area contributed by atoms with E-state index in [4.69, 9.17) is 0 Å². The molecule has 20 heavy (non-hydrogen) atoms. The normalized spacial score (nSPS) is 19.1. The first-order valence-corrected chi connectivity index (χ1v) is 6.65. The van der Waals surface area contributed by atoms with Crippen LogP contribution in [0.15, 0.2) is 24.3 Å². The van der Waals surface area contributed by atoms with E-state index in [9.17, 15) is 14.7 Å². The number of carbonyl (C=O) groups excluding carboxylic acids is 2. The van der Waals surface area contributed by atoms with Crippen molar-refractivity contribution in [1.29, 1.82) is 0 Å². The van der Waals surface area contributed by atoms with E-state index in [0.717, 1.165) is 0 Å². The van der Waals surface area contributed by atoms with Crippen LogP contribution in [0, 0.1) is 0 Å². The fraction of sp³-hybridized carbons (Fsp3) is 0.467. The van der Waals surface area contributed by atoms with E-state index in [2.05, 4.69) is 0 Å². The van der Waals surface area contributed by atoms with Crippen LogP contribution < -0.4 is 0 Å². The predicted octanol–water partition coefficient (Wildman–Crippen LogP) is 1.13. The maximum absolute atomic E-state index is 12.3. The van der Waals surface area contributed by atoms with Crippen LogP contribution in [0.1, 0.15) is 24.2 Å². The number of hydrogen-bond acceptors (Lipinski definition) is 4. The van der Waals surface area contributed by atoms with Gasteiger partial charge in [0.2, 0.25) is 5.91 Å². The molecule has 1 aliphatic rings. The predicted molar refractivity (Wildman–Crippen MR) is 75.7 cm³/mol. The molecule has 1 N–H and O–H groups in total. The molecule has 0 aromatic heterocycles. The minimum absolute atomic E-state index is 0.0299. The van der Waals surface area contributed by atoms with Crippen LogP contribution in [0.3, 0.4) is 0 Å². The van der Waals surface area contributed by atoms with Gasteiger partial charge in [0.25, 0.3) is 0 Å². The molecule has 108 valence electrons. The summed E-state index contributed by atoms with van der Waals surface area (Å²) >= 11 is 0. The summed E-state index contributed by atoms with van der Waals surface area (Å²) in [7, 11) is 1.78. The van der Waals surface area contributed by atoms with Crippen molar-refractivity contribution in [2.45, 2.75) is 19.4 Å². The first kappa shape index (κ1) is 14.5. The van der Waals surface area contributed by atoms with E-state index in [1.807, 2.05) is 18.7 Å². The maximum atomic E-state index is 12.3. The van der Waals surface area contributed by atoms with Crippen LogP contribution in [0.5, 0.6) is 5.75 Å². The Morgan fingerprint density at radius 2 is 1.85 bits per heavy atom. The zero-order valence-corrected chi connectivity index (χ0v) is 12.1. The lowest BCUT2D eigenvalue weighted by molar-refractivity contribution is -0.146. The minimum atomic E-state index is -0.667. The van der Waals surface area contributed by atoms with Crippen LogP contribution in [0.25, 0.3) is 0 Å². The van der Waals surface area contributed by atoms with E-state index >= 15 is 0 Å². The summed E-state index contributed by atoms with van der Waals surface area (Å²) < 4.78 is 0. The Bertz CT molecular complexity index is 522. The number of ketones is 1. The number of Topliss-reactive ketones (excluding diaryl/α,β-unsaturated/α-hetero) is 1. The summed E-state index contributed by atoms with van der Waals surface area (Å²) in [5, 5.41) is 9.23. The summed E-state index contributed by atoms with van der Waals surface area (Å²) in [6, 6.07) is 6.19. The third kappa shape index (κ3) is 2.67. The number of piperazine rings is 1. The average molecular weight is 276 g/mol. The molecule has 1 fully saturated rings. The molecule has 0 aliphatic carbocycles. The van der Waals surface area contributed by atoms with Gasteiger partial charge < -0.3 is 10.0 Å². The van der Waals surface area contributed by atoms with Gasteiger partial charge in [-0.3, -0.25) is 14.5 Å². The third-order valence-corrected chi connectivity index (χ3v) is 3.89. The molecule has 0 atom stereocenters. The van der Waals surface area contributed by atoms with Gasteiger partial charge in [0, 0.05) is 25.7 Å². The molecule has 1 aliphatic heterocycles. The zero-order chi connectivity index (χ0) is 14.9. The summed E-state index contributed by atoms with van der Waals surface area (Å²) in [5.41, 5.74) is -0.121. The molecule has 5 heteroatoms. The van der Waals surface area contributed by atoms with E-state index in [0.29, 0.717) is 18.7 Å². The number of rotatable bonds is 3. The summed E-state index contributed by atoms with van der Waals surface area (Å²) in [5.74, 6) is 0.120. The number of likely N-dealkylation sites (N-methyl/N-ethyl adjacent to an activating group) is 1. The molecule has 0 radical (unpaired) electrons. The molecular weight excluding hydrogens is 256 g/mol. The Balaban J connectivity index is 2.11. The van der Waals surface area contributed by atoms with Gasteiger partial charge in [0.1, 0.15) is 5.75 Å². The monoisotopic (exact) mass is 276 g/mol. The minimum Gasteiger partial charge on any atom is -0.508 e. The molecular formula is C15H20N2O3. The van der Waals surface area contributed by atoms with Crippen molar-refractivity contribution >= 4 is 11.7 Å². The van der Waals surface area contributed by atoms with Crippen molar-refractivity contribution in [3.05, 3.63) is 29.8 Å². The maximum Gasteiger partial charge on any atom is 0.242 e. The number of phenols is 1. The molecule has 1 saturated heterocycles. The Morgan fingerprint density at radius 1 is 1.25 bits per heavy atom. The first-order chi connectivity index (χ1) is 9.32. The van der Waals surface area contributed by atoms with Gasteiger partial charge in [-0.15, -0.1) is 0 Å². The molecule has 2 rings (SSSR count). The molecule has 1 aromatic carbocycles. The second kappa shape index (κ2) is 5.25. The molecule has 0 unspecified atom stereocenters. The molecule has 0 spiro atoms. The lowest BCUT2D eigenvalue weighted by Crippen LogP contribution is -2.62. The van der Waals surface area contributed by atoms with Crippen molar-refractivity contribution in [2.24, 2.45) is 0 Å². The third-order valence-electron chi connectivity index (χ3n) is 3.89. The highest BCUT2D eigenvalue weighted by Gasteiger charge is 2.40. The summed E-state index contributed by atoms with van der Waals surface area (Å²) in [6.07, 6.45) is 0. The van der Waals surface area contributed by atoms with E-state index < -0.39 is 5.54 Å². The quantitative estimate of drug-likeness (QED) is 0.841. The number of hydrogen-bond donors (Lipinski definition) is 1. The molecule has 1 amide bonds. The number of carbonyl (C=O) groups is 2. The van der Waals surface area contributed by atoms with Crippen LogP contribution in [0.4, 0.5) is 0 Å². The highest BCUT2D eigenvalue weighted by molar-refractivity contribution is 5.98. The highest BCUT2D eigenvalue weighted by atomic mass is 16.3. The van der Waals surface area contributed by atoms with E-state index in [1.165, 1.54) is 12.1 Å². The largest absolute Gasteiger partial charge is 0.508 e. The van der Waals surface area contributed by atoms with E-state index in [-0.39, 0.29) is 24.0 Å². The van der Waals surface area contributed by atoms with Crippen molar-refractivity contribution < 1.29 is 14.7 Å². The van der Waals surface area contributed by atoms with Gasteiger partial charge in [0.05, 0.1) is 12.1 Å². The van der Waals surface area contributed by atoms with Gasteiger partial charge in [-0.1, -0.05) is 0 Å². The molecule has 1 heterocycles. The van der Waals surface area contributed by atoms with Crippen molar-refractivity contribution in [2.75, 3.05) is 26.7 Å². The SMILES string of the molecule is CN1CCN(CC(=O)c2ccc(O)cc2)C(C)(C)C1=O. The zero-order valence-electron chi connectivity index (χ0n) is 12.1. The van der Waals surface area contributed by atoms with Crippen LogP contribution in [-0.2, 0) is 4.79 Å². The van der Waals surface area contributed by atoms with Crippen molar-refractivity contribution in [1.82, 2.24) is 9.80 Å². The number of phenolic OH excluding ortho intramolecular Hbond substituents is 1. The Hall–Kier alpha value is -1.88. The smallest absolute Gasteiger partial charge is 0.242 e. The van der Waals surface area contributed by atoms with Gasteiger partial charge >= 0.3 is 0 Å². The fourth-order valence-corrected chi connectivity index (χ4v) is 2.44. The molecule has 5 nitrogen and oxygen atoms in total. The molecule has 1 aromatic rings. The summed E-state index contributed by atoms with van der Waals surface area (Å²) in [4.78, 5) is 28.0. The molecule has 0 saturated carbocycles. The number of benzene rings is 1. The Morgan fingerprint density at radius 3 is 2.45 bits per heavy atom. The second-order valence-electron chi connectivity index (χ2n) is 5.68. The van der Waals surface area contributed by atoms with Gasteiger partial charge in [-0.05, 0) is 38.1 Å².